The molecule has 88 valence electrons. The van der Waals surface area contributed by atoms with Crippen LogP contribution in [-0.4, -0.2) is 16.1 Å². The van der Waals surface area contributed by atoms with Crippen molar-refractivity contribution in [1.82, 2.24) is 14.9 Å². The Balaban J connectivity index is 1.85. The second kappa shape index (κ2) is 4.51. The third kappa shape index (κ3) is 2.21. The van der Waals surface area contributed by atoms with E-state index in [2.05, 4.69) is 27.0 Å². The third-order valence-corrected chi connectivity index (χ3v) is 3.38. The van der Waals surface area contributed by atoms with Crippen molar-refractivity contribution in [2.75, 3.05) is 6.54 Å². The van der Waals surface area contributed by atoms with Gasteiger partial charge in [0.1, 0.15) is 0 Å². The highest BCUT2D eigenvalue weighted by atomic mass is 35.5. The minimum Gasteiger partial charge on any atom is -0.330 e. The molecule has 0 radical (unpaired) electrons. The van der Waals surface area contributed by atoms with Crippen molar-refractivity contribution in [2.45, 2.75) is 19.5 Å². The van der Waals surface area contributed by atoms with Crippen molar-refractivity contribution in [1.29, 1.82) is 0 Å². The van der Waals surface area contributed by atoms with Gasteiger partial charge in [0.05, 0.1) is 12.0 Å². The highest BCUT2D eigenvalue weighted by Crippen LogP contribution is 2.15. The van der Waals surface area contributed by atoms with Gasteiger partial charge in [-0.05, 0) is 17.7 Å². The number of hydrogen-bond acceptors (Lipinski definition) is 2. The summed E-state index contributed by atoms with van der Waals surface area (Å²) in [7, 11) is 0. The summed E-state index contributed by atoms with van der Waals surface area (Å²) in [5.74, 6) is 0. The predicted octanol–water partition coefficient (Wildman–Crippen LogP) is 2.23. The monoisotopic (exact) mass is 247 g/mol. The lowest BCUT2D eigenvalue weighted by Gasteiger charge is -2.15. The Morgan fingerprint density at radius 2 is 2.12 bits per heavy atom. The second-order valence-electron chi connectivity index (χ2n) is 4.32. The van der Waals surface area contributed by atoms with E-state index in [1.165, 1.54) is 17.0 Å². The Morgan fingerprint density at radius 1 is 1.29 bits per heavy atom. The summed E-state index contributed by atoms with van der Waals surface area (Å²) >= 11 is 5.88. The topological polar surface area (TPSA) is 29.9 Å². The number of benzene rings is 1. The van der Waals surface area contributed by atoms with Crippen LogP contribution in [0, 0.1) is 0 Å². The van der Waals surface area contributed by atoms with Gasteiger partial charge in [-0.25, -0.2) is 4.98 Å². The molecule has 0 atom stereocenters. The summed E-state index contributed by atoms with van der Waals surface area (Å²) < 4.78 is 2.24. The highest BCUT2D eigenvalue weighted by molar-refractivity contribution is 6.30. The fraction of sp³-hybridized carbons (Fsp3) is 0.308. The molecule has 0 amide bonds. The Bertz CT molecular complexity index is 516. The fourth-order valence-electron chi connectivity index (χ4n) is 2.22. The molecule has 0 saturated carbocycles. The maximum Gasteiger partial charge on any atom is 0.0955 e. The van der Waals surface area contributed by atoms with E-state index in [4.69, 9.17) is 11.6 Å². The molecule has 17 heavy (non-hydrogen) atoms. The smallest absolute Gasteiger partial charge is 0.0955 e. The Kier molecular flexibility index (Phi) is 2.87. The van der Waals surface area contributed by atoms with Crippen LogP contribution in [0.15, 0.2) is 30.6 Å². The van der Waals surface area contributed by atoms with Crippen molar-refractivity contribution < 1.29 is 0 Å². The Hall–Kier alpha value is -1.32. The number of rotatable bonds is 2. The van der Waals surface area contributed by atoms with Crippen molar-refractivity contribution in [3.8, 4) is 0 Å². The average Bonchev–Trinajstić information content (AvgIpc) is 2.76. The molecule has 1 aliphatic heterocycles. The van der Waals surface area contributed by atoms with Gasteiger partial charge in [0.15, 0.2) is 0 Å². The largest absolute Gasteiger partial charge is 0.330 e. The Morgan fingerprint density at radius 3 is 2.94 bits per heavy atom. The summed E-state index contributed by atoms with van der Waals surface area (Å²) in [5, 5.41) is 4.12. The summed E-state index contributed by atoms with van der Waals surface area (Å²) in [6.07, 6.45) is 3.00. The first-order valence-corrected chi connectivity index (χ1v) is 6.19. The lowest BCUT2D eigenvalue weighted by molar-refractivity contribution is 0.602. The molecule has 0 fully saturated rings. The third-order valence-electron chi connectivity index (χ3n) is 3.13. The molecule has 2 aromatic rings. The summed E-state index contributed by atoms with van der Waals surface area (Å²) in [5.41, 5.74) is 3.80. The molecule has 0 aliphatic carbocycles. The van der Waals surface area contributed by atoms with Gasteiger partial charge in [0.2, 0.25) is 0 Å². The van der Waals surface area contributed by atoms with Gasteiger partial charge in [0.25, 0.3) is 0 Å². The van der Waals surface area contributed by atoms with E-state index in [-0.39, 0.29) is 0 Å². The standard InChI is InChI=1S/C13H14ClN3/c14-11-3-1-10(2-4-11)8-17-9-16-12-7-15-6-5-13(12)17/h1-4,9,15H,5-8H2. The summed E-state index contributed by atoms with van der Waals surface area (Å²) in [6.45, 7) is 2.81. The SMILES string of the molecule is Clc1ccc(Cn2cnc3c2CCNC3)cc1. The number of nitrogens with zero attached hydrogens (tertiary/aromatic N) is 2. The first-order valence-electron chi connectivity index (χ1n) is 5.81. The minimum atomic E-state index is 0.783. The number of aromatic nitrogens is 2. The van der Waals surface area contributed by atoms with E-state index in [9.17, 15) is 0 Å². The molecule has 3 nitrogen and oxygen atoms in total. The van der Waals surface area contributed by atoms with Crippen LogP contribution in [0.5, 0.6) is 0 Å². The van der Waals surface area contributed by atoms with Gasteiger partial charge < -0.3 is 9.88 Å². The molecule has 1 aromatic heterocycles. The Labute approximate surface area is 105 Å². The van der Waals surface area contributed by atoms with Crippen LogP contribution in [-0.2, 0) is 19.5 Å². The van der Waals surface area contributed by atoms with Gasteiger partial charge in [-0.3, -0.25) is 0 Å². The zero-order chi connectivity index (χ0) is 11.7. The molecule has 0 spiro atoms. The first kappa shape index (κ1) is 10.8. The molecule has 0 unspecified atom stereocenters. The molecular weight excluding hydrogens is 234 g/mol. The van der Waals surface area contributed by atoms with Crippen molar-refractivity contribution in [3.05, 3.63) is 52.6 Å². The average molecular weight is 248 g/mol. The first-order chi connectivity index (χ1) is 8.33. The number of hydrogen-bond donors (Lipinski definition) is 1. The molecule has 0 saturated heterocycles. The van der Waals surface area contributed by atoms with Crippen LogP contribution in [0.4, 0.5) is 0 Å². The molecule has 4 heteroatoms. The van der Waals surface area contributed by atoms with Crippen LogP contribution >= 0.6 is 11.6 Å². The number of nitrogens with one attached hydrogen (secondary N) is 1. The number of halogens is 1. The van der Waals surface area contributed by atoms with Gasteiger partial charge in [-0.2, -0.15) is 0 Å². The van der Waals surface area contributed by atoms with Gasteiger partial charge >= 0.3 is 0 Å². The van der Waals surface area contributed by atoms with Crippen molar-refractivity contribution >= 4 is 11.6 Å². The zero-order valence-electron chi connectivity index (χ0n) is 9.49. The zero-order valence-corrected chi connectivity index (χ0v) is 10.2. The summed E-state index contributed by atoms with van der Waals surface area (Å²) in [6, 6.07) is 8.00. The molecular formula is C13H14ClN3. The molecule has 0 bridgehead atoms. The van der Waals surface area contributed by atoms with Gasteiger partial charge in [-0.1, -0.05) is 23.7 Å². The molecule has 2 heterocycles. The minimum absolute atomic E-state index is 0.783. The lowest BCUT2D eigenvalue weighted by Crippen LogP contribution is -2.25. The van der Waals surface area contributed by atoms with Crippen LogP contribution in [0.3, 0.4) is 0 Å². The maximum atomic E-state index is 5.88. The quantitative estimate of drug-likeness (QED) is 0.882. The molecule has 3 rings (SSSR count). The van der Waals surface area contributed by atoms with Crippen molar-refractivity contribution in [2.24, 2.45) is 0 Å². The highest BCUT2D eigenvalue weighted by Gasteiger charge is 2.14. The molecule has 1 N–H and O–H groups in total. The maximum absolute atomic E-state index is 5.88. The van der Waals surface area contributed by atoms with Gasteiger partial charge in [0, 0.05) is 36.8 Å². The summed E-state index contributed by atoms with van der Waals surface area (Å²) in [4.78, 5) is 4.44. The second-order valence-corrected chi connectivity index (χ2v) is 4.76. The van der Waals surface area contributed by atoms with Crippen LogP contribution < -0.4 is 5.32 Å². The normalized spacial score (nSPS) is 14.6. The van der Waals surface area contributed by atoms with E-state index in [1.807, 2.05) is 18.5 Å². The van der Waals surface area contributed by atoms with E-state index in [1.54, 1.807) is 0 Å². The number of imidazole rings is 1. The number of fused-ring (bicyclic) bond motifs is 1. The van der Waals surface area contributed by atoms with Crippen LogP contribution in [0.2, 0.25) is 5.02 Å². The van der Waals surface area contributed by atoms with Gasteiger partial charge in [-0.15, -0.1) is 0 Å². The fourth-order valence-corrected chi connectivity index (χ4v) is 2.35. The van der Waals surface area contributed by atoms with Crippen molar-refractivity contribution in [3.63, 3.8) is 0 Å². The van der Waals surface area contributed by atoms with E-state index in [0.717, 1.165) is 31.1 Å². The van der Waals surface area contributed by atoms with E-state index in [0.29, 0.717) is 0 Å². The van der Waals surface area contributed by atoms with Crippen LogP contribution in [0.1, 0.15) is 17.0 Å². The van der Waals surface area contributed by atoms with E-state index < -0.39 is 0 Å². The lowest BCUT2D eigenvalue weighted by atomic mass is 10.1. The predicted molar refractivity (Wildman–Crippen MR) is 68.2 cm³/mol. The molecule has 1 aliphatic rings. The molecule has 1 aromatic carbocycles. The van der Waals surface area contributed by atoms with E-state index >= 15 is 0 Å². The van der Waals surface area contributed by atoms with Crippen LogP contribution in [0.25, 0.3) is 0 Å².